The van der Waals surface area contributed by atoms with Crippen molar-refractivity contribution in [1.82, 2.24) is 0 Å². The third-order valence-corrected chi connectivity index (χ3v) is 5.52. The van der Waals surface area contributed by atoms with Gasteiger partial charge in [-0.1, -0.05) is 0 Å². The molecule has 10 heteroatoms. The average molecular weight is 246 g/mol. The van der Waals surface area contributed by atoms with E-state index in [9.17, 15) is 21.4 Å². The van der Waals surface area contributed by atoms with Crippen molar-refractivity contribution in [1.29, 1.82) is 0 Å². The predicted octanol–water partition coefficient (Wildman–Crippen LogP) is -3.92. The van der Waals surface area contributed by atoms with Gasteiger partial charge in [0.2, 0.25) is 0 Å². The molecule has 0 aromatic carbocycles. The van der Waals surface area contributed by atoms with Gasteiger partial charge in [-0.15, -0.1) is 0 Å². The topological polar surface area (TPSA) is 101 Å². The SMILES string of the molecule is COS(=O)(=O)SS(=O)(=O)[O-].[K+]. The molecule has 0 aliphatic rings. The summed E-state index contributed by atoms with van der Waals surface area (Å²) in [5.74, 6) is 0. The van der Waals surface area contributed by atoms with E-state index in [0.29, 0.717) is 0 Å². The maximum atomic E-state index is 10.2. The Balaban J connectivity index is 0. The van der Waals surface area contributed by atoms with Crippen LogP contribution < -0.4 is 51.4 Å². The minimum atomic E-state index is -4.84. The van der Waals surface area contributed by atoms with Crippen LogP contribution in [0.4, 0.5) is 0 Å². The Morgan fingerprint density at radius 2 is 1.64 bits per heavy atom. The molecule has 0 aromatic rings. The normalized spacial score (nSPS) is 12.2. The van der Waals surface area contributed by atoms with E-state index in [1.54, 1.807) is 0 Å². The van der Waals surface area contributed by atoms with E-state index in [1.165, 1.54) is 0 Å². The summed E-state index contributed by atoms with van der Waals surface area (Å²) in [6.07, 6.45) is 0. The van der Waals surface area contributed by atoms with Crippen LogP contribution in [-0.2, 0) is 22.5 Å². The summed E-state index contributed by atoms with van der Waals surface area (Å²) in [5.41, 5.74) is 0. The molecule has 0 rings (SSSR count). The molecule has 0 heterocycles. The first-order valence-electron chi connectivity index (χ1n) is 1.74. The van der Waals surface area contributed by atoms with Crippen LogP contribution in [0, 0.1) is 0 Å². The average Bonchev–Trinajstić information content (AvgIpc) is 1.60. The van der Waals surface area contributed by atoms with Crippen LogP contribution in [0.2, 0.25) is 0 Å². The second-order valence-electron chi connectivity index (χ2n) is 1.05. The molecule has 0 aliphatic carbocycles. The summed E-state index contributed by atoms with van der Waals surface area (Å²) in [6, 6.07) is 0. The molecule has 0 saturated carbocycles. The van der Waals surface area contributed by atoms with Crippen molar-refractivity contribution in [3.05, 3.63) is 0 Å². The molecule has 0 unspecified atom stereocenters. The molecule has 0 aromatic heterocycles. The number of hydrogen-bond donors (Lipinski definition) is 0. The smallest absolute Gasteiger partial charge is 0.738 e. The van der Waals surface area contributed by atoms with Crippen LogP contribution >= 0.6 is 9.83 Å². The fraction of sp³-hybridized carbons (Fsp3) is 1.00. The molecule has 0 aliphatic heterocycles. The van der Waals surface area contributed by atoms with Crippen molar-refractivity contribution in [3.8, 4) is 0 Å². The van der Waals surface area contributed by atoms with Gasteiger partial charge in [-0.3, -0.25) is 4.18 Å². The van der Waals surface area contributed by atoms with Gasteiger partial charge in [-0.2, -0.15) is 8.42 Å². The maximum Gasteiger partial charge on any atom is 1.00 e. The number of hydrogen-bond acceptors (Lipinski definition) is 7. The zero-order valence-electron chi connectivity index (χ0n) is 5.67. The standard InChI is InChI=1S/CH4O6S3.K/c1-7-10(5,6)8-9(2,3)4;/h1H3,(H,2,3,4);/q;+1/p-1. The minimum absolute atomic E-state index is 0. The van der Waals surface area contributed by atoms with E-state index >= 15 is 0 Å². The largest absolute Gasteiger partial charge is 1.00 e. The van der Waals surface area contributed by atoms with E-state index in [4.69, 9.17) is 0 Å². The molecule has 11 heavy (non-hydrogen) atoms. The monoisotopic (exact) mass is 246 g/mol. The van der Waals surface area contributed by atoms with E-state index in [0.717, 1.165) is 7.11 Å². The summed E-state index contributed by atoms with van der Waals surface area (Å²) in [4.78, 5) is 0. The molecule has 0 atom stereocenters. The summed E-state index contributed by atoms with van der Waals surface area (Å²) >= 11 is 0. The van der Waals surface area contributed by atoms with E-state index < -0.39 is 28.1 Å². The first-order chi connectivity index (χ1) is 4.27. The van der Waals surface area contributed by atoms with Gasteiger partial charge in [0.25, 0.3) is 0 Å². The number of rotatable bonds is 3. The Kier molecular flexibility index (Phi) is 7.67. The quantitative estimate of drug-likeness (QED) is 0.285. The van der Waals surface area contributed by atoms with Gasteiger partial charge in [0.1, 0.15) is 9.83 Å². The van der Waals surface area contributed by atoms with Crippen molar-refractivity contribution in [3.63, 3.8) is 0 Å². The van der Waals surface area contributed by atoms with Crippen LogP contribution in [-0.4, -0.2) is 28.5 Å². The van der Waals surface area contributed by atoms with Crippen LogP contribution in [0.15, 0.2) is 0 Å². The molecular weight excluding hydrogens is 243 g/mol. The maximum absolute atomic E-state index is 10.2. The van der Waals surface area contributed by atoms with Crippen molar-refractivity contribution < 1.29 is 77.0 Å². The van der Waals surface area contributed by atoms with Crippen molar-refractivity contribution in [2.45, 2.75) is 0 Å². The molecule has 0 N–H and O–H groups in total. The van der Waals surface area contributed by atoms with E-state index in [2.05, 4.69) is 4.18 Å². The van der Waals surface area contributed by atoms with Gasteiger partial charge in [0.05, 0.1) is 7.11 Å². The second kappa shape index (κ2) is 5.52. The second-order valence-corrected chi connectivity index (χ2v) is 7.24. The van der Waals surface area contributed by atoms with Gasteiger partial charge < -0.3 is 4.55 Å². The summed E-state index contributed by atoms with van der Waals surface area (Å²) < 4.78 is 53.3. The Labute approximate surface area is 110 Å². The molecule has 0 radical (unpaired) electrons. The summed E-state index contributed by atoms with van der Waals surface area (Å²) in [7, 11) is -9.12. The van der Waals surface area contributed by atoms with Crippen LogP contribution in [0.25, 0.3) is 0 Å². The van der Waals surface area contributed by atoms with E-state index in [1.807, 2.05) is 0 Å². The fourth-order valence-electron chi connectivity index (χ4n) is 0.130. The van der Waals surface area contributed by atoms with Crippen LogP contribution in [0.1, 0.15) is 0 Å². The summed E-state index contributed by atoms with van der Waals surface area (Å²) in [6.45, 7) is 0. The minimum Gasteiger partial charge on any atom is -0.738 e. The molecule has 0 fully saturated rings. The Morgan fingerprint density at radius 3 is 1.73 bits per heavy atom. The first kappa shape index (κ1) is 15.3. The molecule has 6 nitrogen and oxygen atoms in total. The first-order valence-corrected chi connectivity index (χ1v) is 6.41. The van der Waals surface area contributed by atoms with Crippen molar-refractivity contribution >= 4 is 28.1 Å². The molecular formula is CH3KO6S3. The van der Waals surface area contributed by atoms with Crippen LogP contribution in [0.3, 0.4) is 0 Å². The summed E-state index contributed by atoms with van der Waals surface area (Å²) in [5, 5.41) is 0. The third-order valence-electron chi connectivity index (χ3n) is 0.371. The molecule has 0 spiro atoms. The molecule has 62 valence electrons. The Morgan fingerprint density at radius 1 is 1.27 bits per heavy atom. The third kappa shape index (κ3) is 9.72. The van der Waals surface area contributed by atoms with Gasteiger partial charge >= 0.3 is 60.5 Å². The van der Waals surface area contributed by atoms with Crippen molar-refractivity contribution in [2.24, 2.45) is 0 Å². The van der Waals surface area contributed by atoms with Gasteiger partial charge in [-0.05, 0) is 0 Å². The Bertz CT molecular complexity index is 286. The molecule has 0 amide bonds. The van der Waals surface area contributed by atoms with Gasteiger partial charge in [0, 0.05) is 0 Å². The Hall–Kier alpha value is 1.81. The zero-order valence-corrected chi connectivity index (χ0v) is 11.2. The predicted molar refractivity (Wildman–Crippen MR) is 33.2 cm³/mol. The zero-order chi connectivity index (χ0) is 8.41. The molecule has 0 bridgehead atoms. The fourth-order valence-corrected chi connectivity index (χ4v) is 3.51. The van der Waals surface area contributed by atoms with Crippen LogP contribution in [0.5, 0.6) is 0 Å². The van der Waals surface area contributed by atoms with Crippen molar-refractivity contribution in [2.75, 3.05) is 7.11 Å². The molecule has 0 saturated heterocycles. The van der Waals surface area contributed by atoms with E-state index in [-0.39, 0.29) is 51.4 Å². The van der Waals surface area contributed by atoms with Gasteiger partial charge in [0.15, 0.2) is 9.15 Å². The van der Waals surface area contributed by atoms with Gasteiger partial charge in [-0.25, -0.2) is 8.42 Å².